The van der Waals surface area contributed by atoms with Crippen molar-refractivity contribution in [2.45, 2.75) is 13.3 Å². The third-order valence-electron chi connectivity index (χ3n) is 0.796. The van der Waals surface area contributed by atoms with Crippen LogP contribution in [-0.4, -0.2) is 0 Å². The molecule has 0 fully saturated rings. The molecule has 0 heterocycles. The van der Waals surface area contributed by atoms with E-state index in [9.17, 15) is 0 Å². The Kier molecular flexibility index (Phi) is 0.686. The molecule has 0 saturated carbocycles. The summed E-state index contributed by atoms with van der Waals surface area (Å²) >= 11 is 0. The Labute approximate surface area is 37.9 Å². The molecule has 0 radical (unpaired) electrons. The summed E-state index contributed by atoms with van der Waals surface area (Å²) in [6, 6.07) is 0. The van der Waals surface area contributed by atoms with Crippen LogP contribution in [0.15, 0.2) is 11.6 Å². The second kappa shape index (κ2) is 1.18. The molecule has 6 heavy (non-hydrogen) atoms. The van der Waals surface area contributed by atoms with Gasteiger partial charge in [0.1, 0.15) is 0 Å². The van der Waals surface area contributed by atoms with Crippen LogP contribution in [0.1, 0.15) is 13.3 Å². The van der Waals surface area contributed by atoms with Gasteiger partial charge in [-0.1, -0.05) is 17.9 Å². The molecule has 0 nitrogen and oxygen atoms in total. The van der Waals surface area contributed by atoms with Crippen molar-refractivity contribution in [3.05, 3.63) is 11.6 Å². The van der Waals surface area contributed by atoms with Crippen molar-refractivity contribution in [3.63, 3.8) is 0 Å². The molecule has 0 aromatic rings. The van der Waals surface area contributed by atoms with E-state index in [0.29, 0.717) is 0 Å². The molecule has 0 bridgehead atoms. The first-order valence-corrected chi connectivity index (χ1v) is 2.05. The minimum atomic E-state index is 0.964. The molecule has 0 unspecified atom stereocenters. The van der Waals surface area contributed by atoms with Crippen molar-refractivity contribution in [1.82, 2.24) is 0 Å². The molecular weight excluding hydrogens is 72.1 g/mol. The van der Waals surface area contributed by atoms with Gasteiger partial charge in [-0.3, -0.25) is 0 Å². The number of hydrogen-bond donors (Lipinski definition) is 0. The van der Waals surface area contributed by atoms with Crippen molar-refractivity contribution in [2.24, 2.45) is 0 Å². The smallest absolute Gasteiger partial charge is 0.0285 e. The van der Waals surface area contributed by atoms with Gasteiger partial charge in [-0.15, -0.1) is 0 Å². The highest BCUT2D eigenvalue weighted by atomic mass is 13.9. The topological polar surface area (TPSA) is 0 Å². The van der Waals surface area contributed by atoms with Crippen molar-refractivity contribution >= 4 is 0 Å². The maximum Gasteiger partial charge on any atom is 0.0285 e. The fourth-order valence-electron chi connectivity index (χ4n) is 0.446. The van der Waals surface area contributed by atoms with Gasteiger partial charge in [0, 0.05) is 6.42 Å². The van der Waals surface area contributed by atoms with E-state index in [1.165, 1.54) is 5.57 Å². The zero-order chi connectivity index (χ0) is 4.41. The van der Waals surface area contributed by atoms with E-state index in [2.05, 4.69) is 17.9 Å². The quantitative estimate of drug-likeness (QED) is 0.383. The summed E-state index contributed by atoms with van der Waals surface area (Å²) < 4.78 is 0. The number of hydrogen-bond acceptors (Lipinski definition) is 0. The molecule has 0 aliphatic heterocycles. The zero-order valence-electron chi connectivity index (χ0n) is 3.78. The summed E-state index contributed by atoms with van der Waals surface area (Å²) in [7, 11) is 0. The van der Waals surface area contributed by atoms with Crippen LogP contribution in [0.25, 0.3) is 0 Å². The average Bonchev–Trinajstić information content (AvgIpc) is 1.86. The van der Waals surface area contributed by atoms with Crippen LogP contribution >= 0.6 is 0 Å². The summed E-state index contributed by atoms with van der Waals surface area (Å²) in [4.78, 5) is 0. The molecule has 0 atom stereocenters. The molecule has 0 heteroatoms. The summed E-state index contributed by atoms with van der Waals surface area (Å²) in [5.74, 6) is 5.86. The third kappa shape index (κ3) is 0.440. The van der Waals surface area contributed by atoms with Crippen molar-refractivity contribution in [1.29, 1.82) is 0 Å². The van der Waals surface area contributed by atoms with Crippen LogP contribution in [0.5, 0.6) is 0 Å². The minimum absolute atomic E-state index is 0.964. The standard InChI is InChI=1S/C6H6/c1-6-4-2-3-5-6/h4H,2H2,1H3. The molecule has 0 amide bonds. The highest BCUT2D eigenvalue weighted by Gasteiger charge is 1.82. The Bertz CT molecular complexity index is 130. The lowest BCUT2D eigenvalue weighted by molar-refractivity contribution is 1.45. The molecule has 0 aromatic heterocycles. The maximum atomic E-state index is 2.93. The average molecular weight is 78.1 g/mol. The largest absolute Gasteiger partial charge is 0.0941 e. The predicted octanol–water partition coefficient (Wildman–Crippen LogP) is 1.34. The van der Waals surface area contributed by atoms with Gasteiger partial charge < -0.3 is 0 Å². The van der Waals surface area contributed by atoms with E-state index >= 15 is 0 Å². The first kappa shape index (κ1) is 3.49. The Morgan fingerprint density at radius 2 is 2.67 bits per heavy atom. The van der Waals surface area contributed by atoms with Crippen LogP contribution in [0.4, 0.5) is 0 Å². The lowest BCUT2D eigenvalue weighted by Crippen LogP contribution is -1.54. The van der Waals surface area contributed by atoms with Gasteiger partial charge in [0.15, 0.2) is 0 Å². The van der Waals surface area contributed by atoms with E-state index in [-0.39, 0.29) is 0 Å². The number of rotatable bonds is 0. The summed E-state index contributed by atoms with van der Waals surface area (Å²) in [5.41, 5.74) is 1.22. The molecule has 1 rings (SSSR count). The SMILES string of the molecule is CC1=CCC#C1. The van der Waals surface area contributed by atoms with E-state index < -0.39 is 0 Å². The highest BCUT2D eigenvalue weighted by Crippen LogP contribution is 1.97. The van der Waals surface area contributed by atoms with E-state index in [1.54, 1.807) is 0 Å². The first-order valence-electron chi connectivity index (χ1n) is 2.05. The van der Waals surface area contributed by atoms with Gasteiger partial charge in [-0.25, -0.2) is 0 Å². The number of allylic oxidation sites excluding steroid dienone is 2. The normalized spacial score (nSPS) is 15.8. The van der Waals surface area contributed by atoms with Gasteiger partial charge >= 0.3 is 0 Å². The highest BCUT2D eigenvalue weighted by molar-refractivity contribution is 5.33. The zero-order valence-corrected chi connectivity index (χ0v) is 3.78. The molecule has 30 valence electrons. The molecule has 1 aliphatic rings. The van der Waals surface area contributed by atoms with Crippen LogP contribution < -0.4 is 0 Å². The summed E-state index contributed by atoms with van der Waals surface area (Å²) in [5, 5.41) is 0. The molecule has 0 saturated heterocycles. The molecule has 0 N–H and O–H groups in total. The summed E-state index contributed by atoms with van der Waals surface area (Å²) in [6.07, 6.45) is 3.06. The lowest BCUT2D eigenvalue weighted by Gasteiger charge is -1.70. The minimum Gasteiger partial charge on any atom is -0.0941 e. The Morgan fingerprint density at radius 3 is 2.83 bits per heavy atom. The van der Waals surface area contributed by atoms with Crippen molar-refractivity contribution in [3.8, 4) is 11.8 Å². The second-order valence-electron chi connectivity index (χ2n) is 1.39. The van der Waals surface area contributed by atoms with E-state index in [4.69, 9.17) is 0 Å². The van der Waals surface area contributed by atoms with Crippen LogP contribution in [0.3, 0.4) is 0 Å². The van der Waals surface area contributed by atoms with Gasteiger partial charge in [-0.05, 0) is 12.5 Å². The Hall–Kier alpha value is -0.700. The van der Waals surface area contributed by atoms with Gasteiger partial charge in [0.2, 0.25) is 0 Å². The lowest BCUT2D eigenvalue weighted by atomic mass is 10.3. The Morgan fingerprint density at radius 1 is 1.83 bits per heavy atom. The van der Waals surface area contributed by atoms with Gasteiger partial charge in [0.05, 0.1) is 0 Å². The third-order valence-corrected chi connectivity index (χ3v) is 0.796. The fourth-order valence-corrected chi connectivity index (χ4v) is 0.446. The maximum absolute atomic E-state index is 2.93. The second-order valence-corrected chi connectivity index (χ2v) is 1.39. The van der Waals surface area contributed by atoms with Crippen molar-refractivity contribution in [2.75, 3.05) is 0 Å². The van der Waals surface area contributed by atoms with Crippen LogP contribution in [-0.2, 0) is 0 Å². The fraction of sp³-hybridized carbons (Fsp3) is 0.333. The van der Waals surface area contributed by atoms with Gasteiger partial charge in [0.25, 0.3) is 0 Å². The summed E-state index contributed by atoms with van der Waals surface area (Å²) in [6.45, 7) is 2.03. The Balaban J connectivity index is 2.79. The molecule has 0 aromatic carbocycles. The van der Waals surface area contributed by atoms with E-state index in [1.807, 2.05) is 6.92 Å². The van der Waals surface area contributed by atoms with Gasteiger partial charge in [-0.2, -0.15) is 0 Å². The van der Waals surface area contributed by atoms with Crippen LogP contribution in [0.2, 0.25) is 0 Å². The molecule has 0 spiro atoms. The first-order chi connectivity index (χ1) is 2.89. The molecular formula is C6H6. The molecule has 1 aliphatic carbocycles. The van der Waals surface area contributed by atoms with Crippen molar-refractivity contribution < 1.29 is 0 Å². The van der Waals surface area contributed by atoms with E-state index in [0.717, 1.165) is 6.42 Å². The monoisotopic (exact) mass is 78.0 g/mol. The predicted molar refractivity (Wildman–Crippen MR) is 26.1 cm³/mol. The van der Waals surface area contributed by atoms with Crippen LogP contribution in [0, 0.1) is 11.8 Å².